The van der Waals surface area contributed by atoms with E-state index in [-0.39, 0.29) is 17.8 Å². The number of benzene rings is 1. The van der Waals surface area contributed by atoms with Crippen LogP contribution in [0.5, 0.6) is 5.75 Å². The first-order valence-corrected chi connectivity index (χ1v) is 7.54. The molecule has 0 spiro atoms. The lowest BCUT2D eigenvalue weighted by molar-refractivity contribution is 0.260. The van der Waals surface area contributed by atoms with E-state index < -0.39 is 0 Å². The van der Waals surface area contributed by atoms with Crippen LogP contribution in [0, 0.1) is 5.92 Å². The molecule has 1 aliphatic rings. The van der Waals surface area contributed by atoms with Gasteiger partial charge in [-0.2, -0.15) is 0 Å². The second-order valence-electron chi connectivity index (χ2n) is 6.05. The van der Waals surface area contributed by atoms with Gasteiger partial charge in [0.1, 0.15) is 5.75 Å². The van der Waals surface area contributed by atoms with Crippen molar-refractivity contribution >= 4 is 24.0 Å². The Balaban J connectivity index is 0.00000200. The van der Waals surface area contributed by atoms with Gasteiger partial charge in [0.25, 0.3) is 0 Å². The third-order valence-electron chi connectivity index (χ3n) is 4.23. The first-order valence-electron chi connectivity index (χ1n) is 7.16. The molecule has 1 fully saturated rings. The standard InChI is InChI=1S/C16H24ClNO.ClH/c1-4-16(2,3)13-5-6-15(14(17)9-13)19-11-12-7-8-18-10-12;/h5-6,9,12,18H,4,7-8,10-11H2,1-3H3;1H. The largest absolute Gasteiger partial charge is 0.492 e. The van der Waals surface area contributed by atoms with Crippen LogP contribution in [0.2, 0.25) is 5.02 Å². The normalized spacial score (nSPS) is 18.7. The van der Waals surface area contributed by atoms with E-state index in [0.29, 0.717) is 5.92 Å². The molecule has 4 heteroatoms. The molecule has 1 saturated heterocycles. The maximum Gasteiger partial charge on any atom is 0.137 e. The predicted octanol–water partition coefficient (Wildman–Crippen LogP) is 4.44. The third kappa shape index (κ3) is 4.28. The van der Waals surface area contributed by atoms with E-state index in [1.807, 2.05) is 12.1 Å². The fraction of sp³-hybridized carbons (Fsp3) is 0.625. The van der Waals surface area contributed by atoms with Crippen molar-refractivity contribution in [3.05, 3.63) is 28.8 Å². The fourth-order valence-electron chi connectivity index (χ4n) is 2.31. The number of hydrogen-bond donors (Lipinski definition) is 1. The average Bonchev–Trinajstić information content (AvgIpc) is 2.90. The summed E-state index contributed by atoms with van der Waals surface area (Å²) in [6.07, 6.45) is 2.29. The maximum atomic E-state index is 6.34. The van der Waals surface area contributed by atoms with E-state index in [2.05, 4.69) is 32.2 Å². The molecule has 1 aromatic carbocycles. The Bertz CT molecular complexity index is 428. The topological polar surface area (TPSA) is 21.3 Å². The van der Waals surface area contributed by atoms with E-state index in [1.54, 1.807) is 0 Å². The summed E-state index contributed by atoms with van der Waals surface area (Å²) in [5.74, 6) is 1.42. The minimum Gasteiger partial charge on any atom is -0.492 e. The van der Waals surface area contributed by atoms with E-state index in [0.717, 1.165) is 36.9 Å². The lowest BCUT2D eigenvalue weighted by Gasteiger charge is -2.24. The average molecular weight is 318 g/mol. The number of rotatable bonds is 5. The number of halogens is 2. The molecule has 1 aromatic rings. The Labute approximate surface area is 133 Å². The van der Waals surface area contributed by atoms with Crippen LogP contribution in [0.3, 0.4) is 0 Å². The molecule has 0 bridgehead atoms. The second kappa shape index (κ2) is 7.53. The van der Waals surface area contributed by atoms with Crippen molar-refractivity contribution in [2.75, 3.05) is 19.7 Å². The van der Waals surface area contributed by atoms with Gasteiger partial charge in [-0.05, 0) is 42.5 Å². The summed E-state index contributed by atoms with van der Waals surface area (Å²) in [4.78, 5) is 0. The molecule has 0 amide bonds. The highest BCUT2D eigenvalue weighted by atomic mass is 35.5. The van der Waals surface area contributed by atoms with Gasteiger partial charge in [-0.15, -0.1) is 12.4 Å². The van der Waals surface area contributed by atoms with Gasteiger partial charge in [-0.3, -0.25) is 0 Å². The zero-order chi connectivity index (χ0) is 13.9. The van der Waals surface area contributed by atoms with Crippen LogP contribution in [0.25, 0.3) is 0 Å². The monoisotopic (exact) mass is 317 g/mol. The highest BCUT2D eigenvalue weighted by molar-refractivity contribution is 6.32. The summed E-state index contributed by atoms with van der Waals surface area (Å²) >= 11 is 6.34. The molecule has 114 valence electrons. The quantitative estimate of drug-likeness (QED) is 0.867. The molecule has 2 nitrogen and oxygen atoms in total. The summed E-state index contributed by atoms with van der Waals surface area (Å²) < 4.78 is 5.85. The Morgan fingerprint density at radius 3 is 2.70 bits per heavy atom. The lowest BCUT2D eigenvalue weighted by atomic mass is 9.82. The van der Waals surface area contributed by atoms with Gasteiger partial charge in [0.15, 0.2) is 0 Å². The van der Waals surface area contributed by atoms with Crippen molar-refractivity contribution in [1.82, 2.24) is 5.32 Å². The van der Waals surface area contributed by atoms with Crippen molar-refractivity contribution in [3.8, 4) is 5.75 Å². The number of ether oxygens (including phenoxy) is 1. The fourth-order valence-corrected chi connectivity index (χ4v) is 2.54. The zero-order valence-corrected chi connectivity index (χ0v) is 14.1. The Hall–Kier alpha value is -0.440. The Morgan fingerprint density at radius 2 is 2.15 bits per heavy atom. The van der Waals surface area contributed by atoms with Crippen LogP contribution in [0.4, 0.5) is 0 Å². The molecule has 20 heavy (non-hydrogen) atoms. The molecule has 0 saturated carbocycles. The summed E-state index contributed by atoms with van der Waals surface area (Å²) in [6, 6.07) is 6.20. The molecule has 0 radical (unpaired) electrons. The van der Waals surface area contributed by atoms with E-state index in [1.165, 1.54) is 12.0 Å². The summed E-state index contributed by atoms with van der Waals surface area (Å²) in [5.41, 5.74) is 1.44. The highest BCUT2D eigenvalue weighted by Crippen LogP contribution is 2.33. The smallest absolute Gasteiger partial charge is 0.137 e. The third-order valence-corrected chi connectivity index (χ3v) is 4.53. The van der Waals surface area contributed by atoms with Gasteiger partial charge in [0.05, 0.1) is 11.6 Å². The van der Waals surface area contributed by atoms with E-state index >= 15 is 0 Å². The molecule has 1 atom stereocenters. The molecule has 0 aromatic heterocycles. The predicted molar refractivity (Wildman–Crippen MR) is 88.5 cm³/mol. The van der Waals surface area contributed by atoms with Crippen molar-refractivity contribution < 1.29 is 4.74 Å². The van der Waals surface area contributed by atoms with Crippen LogP contribution in [-0.4, -0.2) is 19.7 Å². The SMILES string of the molecule is CCC(C)(C)c1ccc(OCC2CCNC2)c(Cl)c1.Cl. The van der Waals surface area contributed by atoms with E-state index in [9.17, 15) is 0 Å². The molecular formula is C16H25Cl2NO. The van der Waals surface area contributed by atoms with Crippen molar-refractivity contribution in [2.45, 2.75) is 39.0 Å². The van der Waals surface area contributed by atoms with Gasteiger partial charge < -0.3 is 10.1 Å². The van der Waals surface area contributed by atoms with Gasteiger partial charge in [-0.1, -0.05) is 38.4 Å². The lowest BCUT2D eigenvalue weighted by Crippen LogP contribution is -2.17. The molecule has 2 rings (SSSR count). The second-order valence-corrected chi connectivity index (χ2v) is 6.46. The van der Waals surface area contributed by atoms with Crippen LogP contribution in [0.15, 0.2) is 18.2 Å². The van der Waals surface area contributed by atoms with Crippen LogP contribution >= 0.6 is 24.0 Å². The Kier molecular flexibility index (Phi) is 6.63. The van der Waals surface area contributed by atoms with Gasteiger partial charge >= 0.3 is 0 Å². The van der Waals surface area contributed by atoms with Crippen LogP contribution in [0.1, 0.15) is 39.2 Å². The van der Waals surface area contributed by atoms with Crippen LogP contribution in [-0.2, 0) is 5.41 Å². The summed E-state index contributed by atoms with van der Waals surface area (Å²) in [5, 5.41) is 4.07. The molecule has 0 aliphatic carbocycles. The highest BCUT2D eigenvalue weighted by Gasteiger charge is 2.20. The number of hydrogen-bond acceptors (Lipinski definition) is 2. The van der Waals surface area contributed by atoms with Gasteiger partial charge in [0.2, 0.25) is 0 Å². The minimum absolute atomic E-state index is 0. The maximum absolute atomic E-state index is 6.34. The van der Waals surface area contributed by atoms with Crippen molar-refractivity contribution in [1.29, 1.82) is 0 Å². The first kappa shape index (κ1) is 17.6. The first-order chi connectivity index (χ1) is 9.03. The van der Waals surface area contributed by atoms with E-state index in [4.69, 9.17) is 16.3 Å². The Morgan fingerprint density at radius 1 is 1.40 bits per heavy atom. The summed E-state index contributed by atoms with van der Waals surface area (Å²) in [6.45, 7) is 9.59. The van der Waals surface area contributed by atoms with Crippen molar-refractivity contribution in [3.63, 3.8) is 0 Å². The van der Waals surface area contributed by atoms with Crippen LogP contribution < -0.4 is 10.1 Å². The molecule has 1 heterocycles. The van der Waals surface area contributed by atoms with Crippen molar-refractivity contribution in [2.24, 2.45) is 5.92 Å². The molecular weight excluding hydrogens is 293 g/mol. The molecule has 1 aliphatic heterocycles. The van der Waals surface area contributed by atoms with Gasteiger partial charge in [-0.25, -0.2) is 0 Å². The molecule has 1 N–H and O–H groups in total. The molecule has 1 unspecified atom stereocenters. The summed E-state index contributed by atoms with van der Waals surface area (Å²) in [7, 11) is 0. The zero-order valence-electron chi connectivity index (χ0n) is 12.5. The van der Waals surface area contributed by atoms with Gasteiger partial charge in [0, 0.05) is 12.5 Å². The number of nitrogens with one attached hydrogen (secondary N) is 1. The minimum atomic E-state index is 0.